The lowest BCUT2D eigenvalue weighted by molar-refractivity contribution is 0.0665. The molecule has 2 aromatic rings. The zero-order valence-corrected chi connectivity index (χ0v) is 14.0. The highest BCUT2D eigenvalue weighted by molar-refractivity contribution is 5.96. The number of carbonyl (C=O) groups is 1. The van der Waals surface area contributed by atoms with Gasteiger partial charge in [-0.3, -0.25) is 4.79 Å². The Kier molecular flexibility index (Phi) is 4.73. The molecule has 24 heavy (non-hydrogen) atoms. The highest BCUT2D eigenvalue weighted by atomic mass is 16.5. The molecule has 0 aliphatic carbocycles. The van der Waals surface area contributed by atoms with Crippen LogP contribution in [0.1, 0.15) is 73.7 Å². The maximum absolute atomic E-state index is 13.0. The van der Waals surface area contributed by atoms with Crippen LogP contribution in [0.15, 0.2) is 16.9 Å². The first-order chi connectivity index (χ1) is 11.6. The average molecular weight is 330 g/mol. The Balaban J connectivity index is 1.92. The summed E-state index contributed by atoms with van der Waals surface area (Å²) in [7, 11) is 0. The smallest absolute Gasteiger partial charge is 0.276 e. The Bertz CT molecular complexity index is 714. The largest absolute Gasteiger partial charge is 0.382 e. The van der Waals surface area contributed by atoms with Gasteiger partial charge in [-0.1, -0.05) is 31.8 Å². The van der Waals surface area contributed by atoms with E-state index in [1.165, 1.54) is 12.4 Å². The second-order valence-corrected chi connectivity index (χ2v) is 6.30. The number of amides is 1. The molecule has 128 valence electrons. The highest BCUT2D eigenvalue weighted by Crippen LogP contribution is 2.30. The number of likely N-dealkylation sites (tertiary alicyclic amines) is 1. The van der Waals surface area contributed by atoms with Gasteiger partial charge in [0, 0.05) is 24.9 Å². The molecule has 2 N–H and O–H groups in total. The first-order valence-corrected chi connectivity index (χ1v) is 8.29. The third kappa shape index (κ3) is 3.22. The SMILES string of the molecule is CC(C)c1nc(C2CCCCCN2C(=O)c2nccnc2N)no1. The molecule has 2 aromatic heterocycles. The molecule has 1 unspecified atom stereocenters. The molecule has 1 fully saturated rings. The van der Waals surface area contributed by atoms with Crippen molar-refractivity contribution in [1.82, 2.24) is 25.0 Å². The Hall–Kier alpha value is -2.51. The van der Waals surface area contributed by atoms with Gasteiger partial charge in [-0.15, -0.1) is 0 Å². The van der Waals surface area contributed by atoms with E-state index in [9.17, 15) is 4.79 Å². The van der Waals surface area contributed by atoms with Gasteiger partial charge < -0.3 is 15.2 Å². The molecule has 3 rings (SSSR count). The third-order valence-corrected chi connectivity index (χ3v) is 4.19. The molecule has 0 aromatic carbocycles. The summed E-state index contributed by atoms with van der Waals surface area (Å²) in [6.45, 7) is 4.60. The molecular weight excluding hydrogens is 308 g/mol. The number of hydrogen-bond acceptors (Lipinski definition) is 7. The molecule has 1 aliphatic rings. The summed E-state index contributed by atoms with van der Waals surface area (Å²) in [5, 5.41) is 4.10. The summed E-state index contributed by atoms with van der Waals surface area (Å²) < 4.78 is 5.33. The topological polar surface area (TPSA) is 111 Å². The molecule has 3 heterocycles. The fourth-order valence-electron chi connectivity index (χ4n) is 2.89. The number of nitrogens with two attached hydrogens (primary N) is 1. The predicted molar refractivity (Wildman–Crippen MR) is 87.1 cm³/mol. The predicted octanol–water partition coefficient (Wildman–Crippen LogP) is 2.32. The van der Waals surface area contributed by atoms with Crippen LogP contribution < -0.4 is 5.73 Å². The van der Waals surface area contributed by atoms with Crippen LogP contribution >= 0.6 is 0 Å². The van der Waals surface area contributed by atoms with Crippen molar-refractivity contribution in [1.29, 1.82) is 0 Å². The summed E-state index contributed by atoms with van der Waals surface area (Å²) >= 11 is 0. The quantitative estimate of drug-likeness (QED) is 0.919. The van der Waals surface area contributed by atoms with Gasteiger partial charge in [-0.05, 0) is 12.8 Å². The van der Waals surface area contributed by atoms with Crippen LogP contribution in [0, 0.1) is 0 Å². The summed E-state index contributed by atoms with van der Waals surface area (Å²) in [6.07, 6.45) is 6.74. The minimum Gasteiger partial charge on any atom is -0.382 e. The molecule has 0 bridgehead atoms. The van der Waals surface area contributed by atoms with E-state index in [0.717, 1.165) is 25.7 Å². The van der Waals surface area contributed by atoms with E-state index in [2.05, 4.69) is 20.1 Å². The number of anilines is 1. The molecule has 1 amide bonds. The number of hydrogen-bond donors (Lipinski definition) is 1. The number of aromatic nitrogens is 4. The molecular formula is C16H22N6O2. The second kappa shape index (κ2) is 6.94. The summed E-state index contributed by atoms with van der Waals surface area (Å²) in [5.41, 5.74) is 6.00. The second-order valence-electron chi connectivity index (χ2n) is 6.30. The van der Waals surface area contributed by atoms with E-state index in [1.54, 1.807) is 4.90 Å². The fraction of sp³-hybridized carbons (Fsp3) is 0.562. The van der Waals surface area contributed by atoms with Crippen LogP contribution in [0.3, 0.4) is 0 Å². The van der Waals surface area contributed by atoms with Crippen LogP contribution in [0.2, 0.25) is 0 Å². The fourth-order valence-corrected chi connectivity index (χ4v) is 2.89. The Morgan fingerprint density at radius 1 is 1.29 bits per heavy atom. The number of nitrogens with zero attached hydrogens (tertiary/aromatic N) is 5. The Morgan fingerprint density at radius 2 is 2.08 bits per heavy atom. The summed E-state index contributed by atoms with van der Waals surface area (Å²) in [5.74, 6) is 1.19. The molecule has 8 heteroatoms. The van der Waals surface area contributed by atoms with Gasteiger partial charge >= 0.3 is 0 Å². The van der Waals surface area contributed by atoms with Gasteiger partial charge in [0.2, 0.25) is 5.89 Å². The van der Waals surface area contributed by atoms with Gasteiger partial charge in [-0.2, -0.15) is 4.98 Å². The summed E-state index contributed by atoms with van der Waals surface area (Å²) in [6, 6.07) is -0.224. The van der Waals surface area contributed by atoms with Crippen LogP contribution in [0.25, 0.3) is 0 Å². The standard InChI is InChI=1S/C16H22N6O2/c1-10(2)15-20-14(21-24-15)11-6-4-3-5-9-22(11)16(23)12-13(17)19-8-7-18-12/h7-8,10-11H,3-6,9H2,1-2H3,(H2,17,19). The van der Waals surface area contributed by atoms with Crippen molar-refractivity contribution in [2.45, 2.75) is 51.5 Å². The maximum atomic E-state index is 13.0. The zero-order valence-electron chi connectivity index (χ0n) is 14.0. The van der Waals surface area contributed by atoms with Crippen molar-refractivity contribution < 1.29 is 9.32 Å². The lowest BCUT2D eigenvalue weighted by atomic mass is 10.1. The first kappa shape index (κ1) is 16.4. The van der Waals surface area contributed by atoms with E-state index in [0.29, 0.717) is 18.3 Å². The molecule has 0 radical (unpaired) electrons. The molecule has 1 aliphatic heterocycles. The van der Waals surface area contributed by atoms with Gasteiger partial charge in [0.15, 0.2) is 17.3 Å². The van der Waals surface area contributed by atoms with E-state index >= 15 is 0 Å². The van der Waals surface area contributed by atoms with Crippen molar-refractivity contribution in [3.63, 3.8) is 0 Å². The molecule has 0 spiro atoms. The van der Waals surface area contributed by atoms with Crippen molar-refractivity contribution in [3.05, 3.63) is 29.8 Å². The average Bonchev–Trinajstić information content (AvgIpc) is 2.93. The van der Waals surface area contributed by atoms with Crippen LogP contribution in [-0.4, -0.2) is 37.5 Å². The Morgan fingerprint density at radius 3 is 2.79 bits per heavy atom. The minimum atomic E-state index is -0.233. The van der Waals surface area contributed by atoms with E-state index in [4.69, 9.17) is 10.3 Å². The van der Waals surface area contributed by atoms with Crippen molar-refractivity contribution in [2.24, 2.45) is 0 Å². The minimum absolute atomic E-state index is 0.140. The highest BCUT2D eigenvalue weighted by Gasteiger charge is 2.32. The van der Waals surface area contributed by atoms with Crippen molar-refractivity contribution in [2.75, 3.05) is 12.3 Å². The first-order valence-electron chi connectivity index (χ1n) is 8.29. The lowest BCUT2D eigenvalue weighted by Gasteiger charge is -2.27. The van der Waals surface area contributed by atoms with E-state index < -0.39 is 0 Å². The van der Waals surface area contributed by atoms with E-state index in [-0.39, 0.29) is 29.4 Å². The van der Waals surface area contributed by atoms with E-state index in [1.807, 2.05) is 13.8 Å². The van der Waals surface area contributed by atoms with Crippen molar-refractivity contribution >= 4 is 11.7 Å². The molecule has 0 saturated carbocycles. The third-order valence-electron chi connectivity index (χ3n) is 4.19. The van der Waals surface area contributed by atoms with Gasteiger partial charge in [-0.25, -0.2) is 9.97 Å². The lowest BCUT2D eigenvalue weighted by Crippen LogP contribution is -2.36. The normalized spacial score (nSPS) is 18.6. The van der Waals surface area contributed by atoms with Crippen LogP contribution in [-0.2, 0) is 0 Å². The van der Waals surface area contributed by atoms with Gasteiger partial charge in [0.05, 0.1) is 6.04 Å². The maximum Gasteiger partial charge on any atom is 0.276 e. The summed E-state index contributed by atoms with van der Waals surface area (Å²) in [4.78, 5) is 27.3. The molecule has 1 saturated heterocycles. The Labute approximate surface area is 140 Å². The molecule has 8 nitrogen and oxygen atoms in total. The van der Waals surface area contributed by atoms with Crippen LogP contribution in [0.4, 0.5) is 5.82 Å². The van der Waals surface area contributed by atoms with Crippen LogP contribution in [0.5, 0.6) is 0 Å². The number of nitrogen functional groups attached to an aromatic ring is 1. The monoisotopic (exact) mass is 330 g/mol. The van der Waals surface area contributed by atoms with Gasteiger partial charge in [0.1, 0.15) is 0 Å². The van der Waals surface area contributed by atoms with Crippen molar-refractivity contribution in [3.8, 4) is 0 Å². The number of carbonyl (C=O) groups excluding carboxylic acids is 1. The zero-order chi connectivity index (χ0) is 17.1. The molecule has 1 atom stereocenters. The number of rotatable bonds is 3. The van der Waals surface area contributed by atoms with Gasteiger partial charge in [0.25, 0.3) is 5.91 Å².